The Hall–Kier alpha value is -0.0800. The molecule has 0 aromatic rings. The predicted octanol–water partition coefficient (Wildman–Crippen LogP) is 3.08. The lowest BCUT2D eigenvalue weighted by Crippen LogP contribution is -2.58. The normalized spacial score (nSPS) is 48.0. The van der Waals surface area contributed by atoms with Gasteiger partial charge in [-0.2, -0.15) is 0 Å². The summed E-state index contributed by atoms with van der Waals surface area (Å²) in [7, 11) is 0. The van der Waals surface area contributed by atoms with Crippen LogP contribution in [0.2, 0.25) is 0 Å². The summed E-state index contributed by atoms with van der Waals surface area (Å²) in [4.78, 5) is 0. The molecular weight excluding hydrogens is 210 g/mol. The first-order chi connectivity index (χ1) is 8.04. The van der Waals surface area contributed by atoms with Gasteiger partial charge >= 0.3 is 0 Å². The van der Waals surface area contributed by atoms with Gasteiger partial charge < -0.3 is 10.8 Å². The monoisotopic (exact) mass is 239 g/mol. The summed E-state index contributed by atoms with van der Waals surface area (Å²) in [5, 5.41) is 11.2. The average molecular weight is 239 g/mol. The Balaban J connectivity index is 2.21. The zero-order valence-corrected chi connectivity index (χ0v) is 11.5. The van der Waals surface area contributed by atoms with Crippen molar-refractivity contribution in [1.29, 1.82) is 0 Å². The van der Waals surface area contributed by atoms with Crippen LogP contribution in [0.5, 0.6) is 0 Å². The van der Waals surface area contributed by atoms with Gasteiger partial charge in [-0.15, -0.1) is 0 Å². The Labute approximate surface area is 106 Å². The summed E-state index contributed by atoms with van der Waals surface area (Å²) in [6, 6.07) is 0. The van der Waals surface area contributed by atoms with E-state index in [4.69, 9.17) is 5.73 Å². The molecule has 0 heterocycles. The topological polar surface area (TPSA) is 46.2 Å². The molecule has 17 heavy (non-hydrogen) atoms. The van der Waals surface area contributed by atoms with Crippen molar-refractivity contribution in [2.24, 2.45) is 23.0 Å². The van der Waals surface area contributed by atoms with E-state index < -0.39 is 5.60 Å². The van der Waals surface area contributed by atoms with Crippen LogP contribution in [0.25, 0.3) is 0 Å². The minimum absolute atomic E-state index is 0.0132. The van der Waals surface area contributed by atoms with Crippen molar-refractivity contribution in [1.82, 2.24) is 0 Å². The molecule has 2 saturated carbocycles. The van der Waals surface area contributed by atoms with Gasteiger partial charge in [0.15, 0.2) is 0 Å². The van der Waals surface area contributed by atoms with E-state index in [1.54, 1.807) is 0 Å². The van der Waals surface area contributed by atoms with Crippen LogP contribution in [0.3, 0.4) is 0 Å². The number of rotatable bonds is 2. The van der Waals surface area contributed by atoms with Gasteiger partial charge in [0.2, 0.25) is 0 Å². The lowest BCUT2D eigenvalue weighted by Gasteiger charge is -2.55. The van der Waals surface area contributed by atoms with Gasteiger partial charge in [0.25, 0.3) is 0 Å². The Morgan fingerprint density at radius 3 is 2.24 bits per heavy atom. The second kappa shape index (κ2) is 4.89. The van der Waals surface area contributed by atoms with Crippen LogP contribution in [0.15, 0.2) is 0 Å². The van der Waals surface area contributed by atoms with Gasteiger partial charge in [-0.25, -0.2) is 0 Å². The molecule has 3 N–H and O–H groups in total. The van der Waals surface area contributed by atoms with E-state index >= 15 is 0 Å². The number of hydrogen-bond acceptors (Lipinski definition) is 2. The predicted molar refractivity (Wildman–Crippen MR) is 71.7 cm³/mol. The molecule has 2 unspecified atom stereocenters. The molecule has 0 radical (unpaired) electrons. The van der Waals surface area contributed by atoms with Crippen molar-refractivity contribution in [2.45, 2.75) is 70.8 Å². The maximum atomic E-state index is 11.2. The molecule has 0 amide bonds. The standard InChI is InChI=1S/C15H29NO/c1-12-6-9-14(11-16,10-7-12)15(17)8-4-3-5-13(15)2/h12-13,17H,3-11,16H2,1-2H3. The quantitative estimate of drug-likeness (QED) is 0.778. The van der Waals surface area contributed by atoms with E-state index in [1.165, 1.54) is 32.1 Å². The summed E-state index contributed by atoms with van der Waals surface area (Å²) < 4.78 is 0. The molecular formula is C15H29NO. The summed E-state index contributed by atoms with van der Waals surface area (Å²) in [5.41, 5.74) is 5.63. The number of aliphatic hydroxyl groups is 1. The minimum Gasteiger partial charge on any atom is -0.389 e. The van der Waals surface area contributed by atoms with Crippen molar-refractivity contribution in [3.8, 4) is 0 Å². The molecule has 2 aliphatic carbocycles. The third kappa shape index (κ3) is 2.15. The van der Waals surface area contributed by atoms with Crippen LogP contribution in [0.4, 0.5) is 0 Å². The molecule has 100 valence electrons. The van der Waals surface area contributed by atoms with Crippen LogP contribution in [-0.4, -0.2) is 17.3 Å². The zero-order valence-electron chi connectivity index (χ0n) is 11.5. The van der Waals surface area contributed by atoms with E-state index in [2.05, 4.69) is 13.8 Å². The van der Waals surface area contributed by atoms with Crippen LogP contribution in [-0.2, 0) is 0 Å². The highest BCUT2D eigenvalue weighted by Gasteiger charge is 2.53. The lowest BCUT2D eigenvalue weighted by atomic mass is 9.54. The highest BCUT2D eigenvalue weighted by atomic mass is 16.3. The molecule has 2 aliphatic rings. The van der Waals surface area contributed by atoms with E-state index in [0.717, 1.165) is 25.2 Å². The lowest BCUT2D eigenvalue weighted by molar-refractivity contribution is -0.156. The first-order valence-corrected chi connectivity index (χ1v) is 7.46. The molecule has 0 saturated heterocycles. The van der Waals surface area contributed by atoms with Crippen molar-refractivity contribution in [3.63, 3.8) is 0 Å². The zero-order chi connectivity index (χ0) is 12.5. The Kier molecular flexibility index (Phi) is 3.84. The largest absolute Gasteiger partial charge is 0.389 e. The van der Waals surface area contributed by atoms with Crippen molar-refractivity contribution in [2.75, 3.05) is 6.54 Å². The van der Waals surface area contributed by atoms with Gasteiger partial charge in [-0.1, -0.05) is 39.5 Å². The highest BCUT2D eigenvalue weighted by molar-refractivity contribution is 5.05. The molecule has 0 aliphatic heterocycles. The first kappa shape index (κ1) is 13.4. The maximum absolute atomic E-state index is 11.2. The smallest absolute Gasteiger partial charge is 0.0741 e. The fraction of sp³-hybridized carbons (Fsp3) is 1.00. The van der Waals surface area contributed by atoms with Gasteiger partial charge in [0.05, 0.1) is 5.60 Å². The molecule has 0 aromatic heterocycles. The fourth-order valence-electron chi connectivity index (χ4n) is 4.25. The van der Waals surface area contributed by atoms with Crippen LogP contribution in [0.1, 0.15) is 65.2 Å². The van der Waals surface area contributed by atoms with Crippen molar-refractivity contribution in [3.05, 3.63) is 0 Å². The van der Waals surface area contributed by atoms with Gasteiger partial charge in [-0.05, 0) is 37.5 Å². The maximum Gasteiger partial charge on any atom is 0.0741 e. The molecule has 2 atom stereocenters. The van der Waals surface area contributed by atoms with Gasteiger partial charge in [0.1, 0.15) is 0 Å². The Bertz CT molecular complexity index is 258. The summed E-state index contributed by atoms with van der Waals surface area (Å²) in [6.45, 7) is 5.23. The molecule has 0 spiro atoms. The van der Waals surface area contributed by atoms with E-state index in [9.17, 15) is 5.11 Å². The van der Waals surface area contributed by atoms with Crippen molar-refractivity contribution >= 4 is 0 Å². The molecule has 2 fully saturated rings. The second-order valence-corrected chi connectivity index (χ2v) is 6.74. The molecule has 2 rings (SSSR count). The van der Waals surface area contributed by atoms with Crippen LogP contribution >= 0.6 is 0 Å². The second-order valence-electron chi connectivity index (χ2n) is 6.74. The van der Waals surface area contributed by atoms with Gasteiger partial charge in [0, 0.05) is 12.0 Å². The Morgan fingerprint density at radius 1 is 1.06 bits per heavy atom. The molecule has 0 aromatic carbocycles. The summed E-state index contributed by atoms with van der Waals surface area (Å²) in [6.07, 6.45) is 9.35. The summed E-state index contributed by atoms with van der Waals surface area (Å²) >= 11 is 0. The number of nitrogens with two attached hydrogens (primary N) is 1. The first-order valence-electron chi connectivity index (χ1n) is 7.46. The highest BCUT2D eigenvalue weighted by Crippen LogP contribution is 2.53. The van der Waals surface area contributed by atoms with Crippen LogP contribution < -0.4 is 5.73 Å². The Morgan fingerprint density at radius 2 is 1.71 bits per heavy atom. The summed E-state index contributed by atoms with van der Waals surface area (Å²) in [5.74, 6) is 1.24. The third-order valence-corrected chi connectivity index (χ3v) is 5.80. The molecule has 0 bridgehead atoms. The van der Waals surface area contributed by atoms with E-state index in [-0.39, 0.29) is 5.41 Å². The minimum atomic E-state index is -0.486. The van der Waals surface area contributed by atoms with Crippen molar-refractivity contribution < 1.29 is 5.11 Å². The van der Waals surface area contributed by atoms with Gasteiger partial charge in [-0.3, -0.25) is 0 Å². The molecule has 2 heteroatoms. The number of hydrogen-bond donors (Lipinski definition) is 2. The van der Waals surface area contributed by atoms with E-state index in [0.29, 0.717) is 12.5 Å². The van der Waals surface area contributed by atoms with Crippen LogP contribution in [0, 0.1) is 17.3 Å². The average Bonchev–Trinajstić information content (AvgIpc) is 2.34. The SMILES string of the molecule is CC1CCC(CN)(C2(O)CCCCC2C)CC1. The fourth-order valence-corrected chi connectivity index (χ4v) is 4.25. The third-order valence-electron chi connectivity index (χ3n) is 5.80. The van der Waals surface area contributed by atoms with E-state index in [1.807, 2.05) is 0 Å². The molecule has 2 nitrogen and oxygen atoms in total.